The number of carbonyl (C=O) groups excluding carboxylic acids is 1. The van der Waals surface area contributed by atoms with Gasteiger partial charge in [0.15, 0.2) is 5.13 Å². The second-order valence-corrected chi connectivity index (χ2v) is 5.76. The number of aromatic nitrogens is 4. The van der Waals surface area contributed by atoms with Crippen LogP contribution in [0.5, 0.6) is 0 Å². The van der Waals surface area contributed by atoms with E-state index in [2.05, 4.69) is 20.4 Å². The third-order valence-corrected chi connectivity index (χ3v) is 4.02. The molecular weight excluding hydrogens is 302 g/mol. The van der Waals surface area contributed by atoms with Gasteiger partial charge in [0.05, 0.1) is 5.69 Å². The third-order valence-electron chi connectivity index (χ3n) is 3.26. The van der Waals surface area contributed by atoms with E-state index in [0.717, 1.165) is 22.8 Å². The Morgan fingerprint density at radius 1 is 1.45 bits per heavy atom. The number of hydrogen-bond donors (Lipinski definition) is 1. The van der Waals surface area contributed by atoms with Crippen molar-refractivity contribution in [1.82, 2.24) is 19.7 Å². The van der Waals surface area contributed by atoms with Crippen molar-refractivity contribution in [2.24, 2.45) is 0 Å². The molecule has 0 unspecified atom stereocenters. The third kappa shape index (κ3) is 2.77. The molecule has 8 heteroatoms. The van der Waals surface area contributed by atoms with Crippen LogP contribution in [0.15, 0.2) is 28.5 Å². The van der Waals surface area contributed by atoms with Gasteiger partial charge in [-0.15, -0.1) is 11.3 Å². The van der Waals surface area contributed by atoms with Crippen molar-refractivity contribution in [1.29, 1.82) is 0 Å². The highest BCUT2D eigenvalue weighted by atomic mass is 32.1. The molecule has 0 aliphatic rings. The minimum absolute atomic E-state index is 0.188. The van der Waals surface area contributed by atoms with Crippen molar-refractivity contribution >= 4 is 22.4 Å². The van der Waals surface area contributed by atoms with E-state index >= 15 is 0 Å². The highest BCUT2D eigenvalue weighted by molar-refractivity contribution is 7.14. The Labute approximate surface area is 131 Å². The van der Waals surface area contributed by atoms with Gasteiger partial charge in [0.1, 0.15) is 30.2 Å². The number of nitrogens with zero attached hydrogens (tertiary/aromatic N) is 4. The zero-order valence-electron chi connectivity index (χ0n) is 12.4. The summed E-state index contributed by atoms with van der Waals surface area (Å²) in [6.45, 7) is 5.54. The molecule has 1 N–H and O–H groups in total. The zero-order chi connectivity index (χ0) is 15.7. The molecule has 0 saturated heterocycles. The molecule has 7 nitrogen and oxygen atoms in total. The van der Waals surface area contributed by atoms with Crippen molar-refractivity contribution < 1.29 is 9.21 Å². The first-order valence-corrected chi connectivity index (χ1v) is 7.60. The summed E-state index contributed by atoms with van der Waals surface area (Å²) in [5, 5.41) is 9.20. The van der Waals surface area contributed by atoms with E-state index in [1.54, 1.807) is 6.92 Å². The topological polar surface area (TPSA) is 85.8 Å². The first-order chi connectivity index (χ1) is 10.5. The van der Waals surface area contributed by atoms with Crippen LogP contribution in [0.3, 0.4) is 0 Å². The van der Waals surface area contributed by atoms with E-state index in [0.29, 0.717) is 5.13 Å². The SMILES string of the molecule is Cc1cc(-c2csc(NC(=O)[C@H](C)n3cncn3)n2)c(C)o1. The van der Waals surface area contributed by atoms with Gasteiger partial charge in [-0.2, -0.15) is 5.10 Å². The lowest BCUT2D eigenvalue weighted by Crippen LogP contribution is -2.23. The van der Waals surface area contributed by atoms with Gasteiger partial charge in [-0.05, 0) is 26.8 Å². The van der Waals surface area contributed by atoms with Crippen LogP contribution in [0, 0.1) is 13.8 Å². The van der Waals surface area contributed by atoms with Gasteiger partial charge in [-0.3, -0.25) is 4.79 Å². The molecule has 3 heterocycles. The van der Waals surface area contributed by atoms with Gasteiger partial charge in [0.25, 0.3) is 5.91 Å². The van der Waals surface area contributed by atoms with Crippen LogP contribution in [-0.4, -0.2) is 25.7 Å². The van der Waals surface area contributed by atoms with Gasteiger partial charge in [0, 0.05) is 10.9 Å². The largest absolute Gasteiger partial charge is 0.466 e. The van der Waals surface area contributed by atoms with Crippen LogP contribution < -0.4 is 5.32 Å². The summed E-state index contributed by atoms with van der Waals surface area (Å²) in [5.41, 5.74) is 1.74. The van der Waals surface area contributed by atoms with E-state index in [9.17, 15) is 4.79 Å². The Morgan fingerprint density at radius 2 is 2.27 bits per heavy atom. The number of amides is 1. The number of hydrogen-bond acceptors (Lipinski definition) is 6. The van der Waals surface area contributed by atoms with E-state index in [1.165, 1.54) is 28.7 Å². The maximum absolute atomic E-state index is 12.2. The zero-order valence-corrected chi connectivity index (χ0v) is 13.2. The lowest BCUT2D eigenvalue weighted by Gasteiger charge is -2.09. The monoisotopic (exact) mass is 317 g/mol. The van der Waals surface area contributed by atoms with E-state index in [-0.39, 0.29) is 5.91 Å². The molecule has 0 saturated carbocycles. The molecule has 0 bridgehead atoms. The Bertz CT molecular complexity index is 790. The van der Waals surface area contributed by atoms with Gasteiger partial charge >= 0.3 is 0 Å². The molecule has 0 spiro atoms. The van der Waals surface area contributed by atoms with Crippen molar-refractivity contribution in [3.63, 3.8) is 0 Å². The number of rotatable bonds is 4. The van der Waals surface area contributed by atoms with Crippen LogP contribution in [-0.2, 0) is 4.79 Å². The highest BCUT2D eigenvalue weighted by Gasteiger charge is 2.18. The highest BCUT2D eigenvalue weighted by Crippen LogP contribution is 2.29. The van der Waals surface area contributed by atoms with Crippen LogP contribution in [0.25, 0.3) is 11.3 Å². The van der Waals surface area contributed by atoms with Crippen molar-refractivity contribution in [2.45, 2.75) is 26.8 Å². The van der Waals surface area contributed by atoms with E-state index < -0.39 is 6.04 Å². The second-order valence-electron chi connectivity index (χ2n) is 4.91. The average molecular weight is 317 g/mol. The van der Waals surface area contributed by atoms with Crippen molar-refractivity contribution in [3.8, 4) is 11.3 Å². The summed E-state index contributed by atoms with van der Waals surface area (Å²) >= 11 is 1.38. The Morgan fingerprint density at radius 3 is 2.91 bits per heavy atom. The number of anilines is 1. The molecular formula is C14H15N5O2S. The number of carbonyl (C=O) groups is 1. The number of thiazole rings is 1. The van der Waals surface area contributed by atoms with Crippen molar-refractivity contribution in [3.05, 3.63) is 35.6 Å². The lowest BCUT2D eigenvalue weighted by molar-refractivity contribution is -0.119. The summed E-state index contributed by atoms with van der Waals surface area (Å²) in [7, 11) is 0. The van der Waals surface area contributed by atoms with Crippen LogP contribution in [0.1, 0.15) is 24.5 Å². The number of furan rings is 1. The first-order valence-electron chi connectivity index (χ1n) is 6.72. The Kier molecular flexibility index (Phi) is 3.76. The molecule has 3 rings (SSSR count). The fraction of sp³-hybridized carbons (Fsp3) is 0.286. The maximum Gasteiger partial charge on any atom is 0.250 e. The number of aryl methyl sites for hydroxylation is 2. The molecule has 3 aromatic heterocycles. The predicted molar refractivity (Wildman–Crippen MR) is 82.7 cm³/mol. The summed E-state index contributed by atoms with van der Waals surface area (Å²) in [6, 6.07) is 1.49. The van der Waals surface area contributed by atoms with E-state index in [1.807, 2.05) is 25.3 Å². The predicted octanol–water partition coefficient (Wildman–Crippen LogP) is 2.81. The first kappa shape index (κ1) is 14.5. The van der Waals surface area contributed by atoms with Crippen molar-refractivity contribution in [2.75, 3.05) is 5.32 Å². The molecule has 1 amide bonds. The molecule has 1 atom stereocenters. The van der Waals surface area contributed by atoms with E-state index in [4.69, 9.17) is 4.42 Å². The summed E-state index contributed by atoms with van der Waals surface area (Å²) in [4.78, 5) is 20.5. The average Bonchev–Trinajstić information content (AvgIpc) is 3.19. The molecule has 22 heavy (non-hydrogen) atoms. The molecule has 0 aliphatic carbocycles. The summed E-state index contributed by atoms with van der Waals surface area (Å²) in [5.74, 6) is 1.47. The van der Waals surface area contributed by atoms with Gasteiger partial charge in [0.2, 0.25) is 0 Å². The van der Waals surface area contributed by atoms with Crippen LogP contribution >= 0.6 is 11.3 Å². The smallest absolute Gasteiger partial charge is 0.250 e. The fourth-order valence-electron chi connectivity index (χ4n) is 2.09. The lowest BCUT2D eigenvalue weighted by atomic mass is 10.2. The van der Waals surface area contributed by atoms with Gasteiger partial charge in [-0.1, -0.05) is 0 Å². The molecule has 114 valence electrons. The van der Waals surface area contributed by atoms with Crippen LogP contribution in [0.2, 0.25) is 0 Å². The molecule has 0 radical (unpaired) electrons. The number of nitrogens with one attached hydrogen (secondary N) is 1. The minimum atomic E-state index is -0.451. The van der Waals surface area contributed by atoms with Crippen LogP contribution in [0.4, 0.5) is 5.13 Å². The fourth-order valence-corrected chi connectivity index (χ4v) is 2.80. The quantitative estimate of drug-likeness (QED) is 0.799. The van der Waals surface area contributed by atoms with Gasteiger partial charge < -0.3 is 9.73 Å². The Hall–Kier alpha value is -2.48. The van der Waals surface area contributed by atoms with Gasteiger partial charge in [-0.25, -0.2) is 14.6 Å². The molecule has 3 aromatic rings. The molecule has 0 aromatic carbocycles. The summed E-state index contributed by atoms with van der Waals surface area (Å²) < 4.78 is 7.00. The normalized spacial score (nSPS) is 12.3. The molecule has 0 fully saturated rings. The molecule has 0 aliphatic heterocycles. The maximum atomic E-state index is 12.2. The standard InChI is InChI=1S/C14H15N5O2S/c1-8-4-11(10(3)21-8)12-5-22-14(17-12)18-13(20)9(2)19-7-15-6-16-19/h4-7,9H,1-3H3,(H,17,18,20)/t9-/m0/s1. The minimum Gasteiger partial charge on any atom is -0.466 e. The summed E-state index contributed by atoms with van der Waals surface area (Å²) in [6.07, 6.45) is 2.91. The Balaban J connectivity index is 1.74. The second kappa shape index (κ2) is 5.72.